The number of carboxylic acids is 1. The number of methoxy groups -OCH3 is 1. The summed E-state index contributed by atoms with van der Waals surface area (Å²) in [4.78, 5) is 15.0. The number of rotatable bonds is 7. The Kier molecular flexibility index (Phi) is 5.33. The van der Waals surface area contributed by atoms with Gasteiger partial charge in [-0.15, -0.1) is 0 Å². The van der Waals surface area contributed by atoms with Crippen LogP contribution < -0.4 is 14.9 Å². The van der Waals surface area contributed by atoms with E-state index >= 15 is 0 Å². The van der Waals surface area contributed by atoms with E-state index < -0.39 is 5.97 Å². The molecule has 2 aromatic carbocycles. The molecule has 0 unspecified atom stereocenters. The van der Waals surface area contributed by atoms with Gasteiger partial charge in [0.25, 0.3) is 0 Å². The summed E-state index contributed by atoms with van der Waals surface area (Å²) in [5.41, 5.74) is 5.51. The molecule has 2 N–H and O–H groups in total. The molecule has 3 aromatic rings. The summed E-state index contributed by atoms with van der Waals surface area (Å²) < 4.78 is 11.3. The minimum absolute atomic E-state index is 0.365. The number of carboxylic acid groups (broad SMARTS) is 1. The van der Waals surface area contributed by atoms with Crippen LogP contribution in [-0.4, -0.2) is 35.5 Å². The lowest BCUT2D eigenvalue weighted by Crippen LogP contribution is -2.09. The Bertz CT molecular complexity index is 951. The molecule has 0 aliphatic carbocycles. The molecule has 3 rings (SSSR count). The maximum Gasteiger partial charge on any atom is 0.341 e. The van der Waals surface area contributed by atoms with E-state index in [4.69, 9.17) is 14.6 Å². The molecule has 1 heterocycles. The number of fused-ring (bicyclic) bond motifs is 1. The normalized spacial score (nSPS) is 11.4. The fourth-order valence-corrected chi connectivity index (χ4v) is 3.05. The van der Waals surface area contributed by atoms with Crippen LogP contribution in [0, 0.1) is 0 Å². The van der Waals surface area contributed by atoms with Gasteiger partial charge in [0.1, 0.15) is 11.5 Å². The second-order valence-electron chi connectivity index (χ2n) is 5.37. The van der Waals surface area contributed by atoms with E-state index in [1.165, 1.54) is 11.3 Å². The minimum atomic E-state index is -1.01. The number of aromatic nitrogens is 1. The Morgan fingerprint density at radius 2 is 1.96 bits per heavy atom. The van der Waals surface area contributed by atoms with Crippen molar-refractivity contribution in [2.45, 2.75) is 6.92 Å². The van der Waals surface area contributed by atoms with Crippen molar-refractivity contribution < 1.29 is 19.4 Å². The zero-order valence-corrected chi connectivity index (χ0v) is 15.0. The van der Waals surface area contributed by atoms with Gasteiger partial charge in [0.15, 0.2) is 6.61 Å². The Balaban J connectivity index is 1.68. The first-order chi connectivity index (χ1) is 12.5. The molecule has 8 heteroatoms. The molecule has 0 amide bonds. The average Bonchev–Trinajstić information content (AvgIpc) is 3.06. The number of ether oxygens (including phenoxy) is 2. The molecule has 1 aromatic heterocycles. The van der Waals surface area contributed by atoms with Crippen LogP contribution in [0.5, 0.6) is 11.5 Å². The van der Waals surface area contributed by atoms with E-state index in [1.54, 1.807) is 19.2 Å². The van der Waals surface area contributed by atoms with Crippen molar-refractivity contribution in [2.24, 2.45) is 5.10 Å². The van der Waals surface area contributed by atoms with E-state index in [-0.39, 0.29) is 6.61 Å². The van der Waals surface area contributed by atoms with Crippen LogP contribution in [-0.2, 0) is 4.79 Å². The van der Waals surface area contributed by atoms with Gasteiger partial charge in [0.05, 0.1) is 23.0 Å². The molecular weight excluding hydrogens is 354 g/mol. The molecule has 26 heavy (non-hydrogen) atoms. The third-order valence-electron chi connectivity index (χ3n) is 3.55. The van der Waals surface area contributed by atoms with Gasteiger partial charge in [0, 0.05) is 0 Å². The lowest BCUT2D eigenvalue weighted by molar-refractivity contribution is -0.139. The molecule has 0 aliphatic rings. The quantitative estimate of drug-likeness (QED) is 0.487. The number of hydrazone groups is 1. The van der Waals surface area contributed by atoms with E-state index in [0.29, 0.717) is 10.9 Å². The van der Waals surface area contributed by atoms with E-state index in [0.717, 1.165) is 27.2 Å². The summed E-state index contributed by atoms with van der Waals surface area (Å²) in [5.74, 6) is 0.277. The summed E-state index contributed by atoms with van der Waals surface area (Å²) in [5, 5.41) is 13.7. The number of nitrogens with zero attached hydrogens (tertiary/aromatic N) is 2. The van der Waals surface area contributed by atoms with Crippen molar-refractivity contribution in [3.8, 4) is 11.5 Å². The summed E-state index contributed by atoms with van der Waals surface area (Å²) in [6.45, 7) is 1.51. The number of nitrogens with one attached hydrogen (secondary N) is 1. The summed E-state index contributed by atoms with van der Waals surface area (Å²) in [6, 6.07) is 12.8. The predicted octanol–water partition coefficient (Wildman–Crippen LogP) is 3.60. The Hall–Kier alpha value is -3.13. The molecule has 0 aliphatic heterocycles. The van der Waals surface area contributed by atoms with E-state index in [2.05, 4.69) is 15.5 Å². The third-order valence-corrected chi connectivity index (χ3v) is 4.47. The van der Waals surface area contributed by atoms with Crippen LogP contribution in [0.25, 0.3) is 10.2 Å². The van der Waals surface area contributed by atoms with Crippen molar-refractivity contribution in [2.75, 3.05) is 19.1 Å². The second-order valence-corrected chi connectivity index (χ2v) is 6.40. The van der Waals surface area contributed by atoms with Gasteiger partial charge in [-0.2, -0.15) is 5.10 Å². The first-order valence-electron chi connectivity index (χ1n) is 7.75. The lowest BCUT2D eigenvalue weighted by Gasteiger charge is -2.05. The highest BCUT2D eigenvalue weighted by molar-refractivity contribution is 7.22. The van der Waals surface area contributed by atoms with Crippen molar-refractivity contribution in [3.63, 3.8) is 0 Å². The average molecular weight is 371 g/mol. The largest absolute Gasteiger partial charge is 0.497 e. The van der Waals surface area contributed by atoms with Gasteiger partial charge in [0.2, 0.25) is 5.13 Å². The van der Waals surface area contributed by atoms with Crippen LogP contribution in [0.1, 0.15) is 12.5 Å². The molecule has 0 radical (unpaired) electrons. The topological polar surface area (TPSA) is 93.0 Å². The van der Waals surface area contributed by atoms with E-state index in [9.17, 15) is 4.79 Å². The molecule has 0 saturated carbocycles. The third kappa shape index (κ3) is 4.28. The minimum Gasteiger partial charge on any atom is -0.497 e. The molecule has 0 saturated heterocycles. The van der Waals surface area contributed by atoms with E-state index in [1.807, 2.05) is 37.3 Å². The number of aliphatic carboxylic acids is 1. The lowest BCUT2D eigenvalue weighted by atomic mass is 10.1. The Labute approximate surface area is 153 Å². The van der Waals surface area contributed by atoms with Gasteiger partial charge < -0.3 is 14.6 Å². The highest BCUT2D eigenvalue weighted by Crippen LogP contribution is 2.29. The number of benzene rings is 2. The molecule has 134 valence electrons. The summed E-state index contributed by atoms with van der Waals surface area (Å²) in [6.07, 6.45) is 0. The number of hydrogen-bond acceptors (Lipinski definition) is 7. The summed E-state index contributed by atoms with van der Waals surface area (Å²) in [7, 11) is 1.63. The Morgan fingerprint density at radius 1 is 1.23 bits per heavy atom. The fraction of sp³-hybridized carbons (Fsp3) is 0.167. The zero-order valence-electron chi connectivity index (χ0n) is 14.2. The monoisotopic (exact) mass is 371 g/mol. The van der Waals surface area contributed by atoms with Gasteiger partial charge >= 0.3 is 5.97 Å². The first-order valence-corrected chi connectivity index (χ1v) is 8.57. The van der Waals surface area contributed by atoms with Crippen molar-refractivity contribution >= 4 is 38.4 Å². The maximum absolute atomic E-state index is 10.5. The molecule has 0 spiro atoms. The van der Waals surface area contributed by atoms with Gasteiger partial charge in [-0.3, -0.25) is 5.43 Å². The van der Waals surface area contributed by atoms with Crippen molar-refractivity contribution in [1.82, 2.24) is 4.98 Å². The summed E-state index contributed by atoms with van der Waals surface area (Å²) >= 11 is 1.49. The number of anilines is 1. The maximum atomic E-state index is 10.5. The van der Waals surface area contributed by atoms with Gasteiger partial charge in [-0.1, -0.05) is 11.3 Å². The predicted molar refractivity (Wildman–Crippen MR) is 102 cm³/mol. The first kappa shape index (κ1) is 17.7. The highest BCUT2D eigenvalue weighted by Gasteiger charge is 2.05. The van der Waals surface area contributed by atoms with Crippen LogP contribution in [0.2, 0.25) is 0 Å². The van der Waals surface area contributed by atoms with Gasteiger partial charge in [-0.05, 0) is 55.0 Å². The molecule has 7 nitrogen and oxygen atoms in total. The standard InChI is InChI=1S/C18H17N3O4S/c1-11(12-3-5-13(6-4-12)25-10-17(22)23)20-21-18-19-15-8-7-14(24-2)9-16(15)26-18/h3-9H,10H2,1-2H3,(H,19,21)(H,22,23). The molecule has 0 atom stereocenters. The molecule has 0 bridgehead atoms. The van der Waals surface area contributed by atoms with Crippen molar-refractivity contribution in [1.29, 1.82) is 0 Å². The van der Waals surface area contributed by atoms with Gasteiger partial charge in [-0.25, -0.2) is 9.78 Å². The molecular formula is C18H17N3O4S. The zero-order chi connectivity index (χ0) is 18.5. The van der Waals surface area contributed by atoms with Crippen LogP contribution in [0.15, 0.2) is 47.6 Å². The Morgan fingerprint density at radius 3 is 2.65 bits per heavy atom. The van der Waals surface area contributed by atoms with Crippen LogP contribution in [0.3, 0.4) is 0 Å². The second kappa shape index (κ2) is 7.83. The number of hydrogen-bond donors (Lipinski definition) is 2. The van der Waals surface area contributed by atoms with Crippen molar-refractivity contribution in [3.05, 3.63) is 48.0 Å². The number of carbonyl (C=O) groups is 1. The number of thiazole rings is 1. The van der Waals surface area contributed by atoms with Crippen LogP contribution in [0.4, 0.5) is 5.13 Å². The SMILES string of the molecule is COc1ccc2nc(NN=C(C)c3ccc(OCC(=O)O)cc3)sc2c1. The molecule has 0 fully saturated rings. The smallest absolute Gasteiger partial charge is 0.341 e. The van der Waals surface area contributed by atoms with Crippen LogP contribution >= 0.6 is 11.3 Å². The highest BCUT2D eigenvalue weighted by atomic mass is 32.1. The fourth-order valence-electron chi connectivity index (χ4n) is 2.21.